The first-order valence-corrected chi connectivity index (χ1v) is 5.71. The van der Waals surface area contributed by atoms with Gasteiger partial charge in [0.2, 0.25) is 0 Å². The molecular weight excluding hydrogens is 192 g/mol. The van der Waals surface area contributed by atoms with Gasteiger partial charge in [-0.15, -0.1) is 0 Å². The van der Waals surface area contributed by atoms with Crippen LogP contribution in [0.3, 0.4) is 0 Å². The summed E-state index contributed by atoms with van der Waals surface area (Å²) in [7, 11) is 0. The van der Waals surface area contributed by atoms with E-state index in [0.29, 0.717) is 6.42 Å². The van der Waals surface area contributed by atoms with Gasteiger partial charge in [-0.3, -0.25) is 9.59 Å². The zero-order valence-electron chi connectivity index (χ0n) is 10.2. The summed E-state index contributed by atoms with van der Waals surface area (Å²) in [5.74, 6) is -0.718. The molecule has 0 aliphatic rings. The Kier molecular flexibility index (Phi) is 7.01. The molecule has 0 aromatic rings. The largest absolute Gasteiger partial charge is 0.393 e. The van der Waals surface area contributed by atoms with Gasteiger partial charge < -0.3 is 4.74 Å². The van der Waals surface area contributed by atoms with E-state index < -0.39 is 5.97 Å². The molecule has 15 heavy (non-hydrogen) atoms. The molecule has 0 aliphatic carbocycles. The van der Waals surface area contributed by atoms with Gasteiger partial charge >= 0.3 is 11.9 Å². The molecule has 0 radical (unpaired) electrons. The van der Waals surface area contributed by atoms with Crippen molar-refractivity contribution in [3.05, 3.63) is 0 Å². The maximum atomic E-state index is 11.4. The van der Waals surface area contributed by atoms with Crippen molar-refractivity contribution in [2.45, 2.75) is 53.4 Å². The lowest BCUT2D eigenvalue weighted by Crippen LogP contribution is -2.20. The van der Waals surface area contributed by atoms with Crippen molar-refractivity contribution in [2.24, 2.45) is 11.8 Å². The van der Waals surface area contributed by atoms with Crippen LogP contribution in [0.25, 0.3) is 0 Å². The molecule has 0 rings (SSSR count). The Hall–Kier alpha value is -0.860. The second kappa shape index (κ2) is 7.43. The normalized spacial score (nSPS) is 12.6. The number of ether oxygens (including phenoxy) is 1. The molecule has 1 atom stereocenters. The molecular formula is C12H22O3. The highest BCUT2D eigenvalue weighted by atomic mass is 16.6. The number of esters is 2. The summed E-state index contributed by atoms with van der Waals surface area (Å²) >= 11 is 0. The van der Waals surface area contributed by atoms with Crippen LogP contribution in [0.5, 0.6) is 0 Å². The van der Waals surface area contributed by atoms with E-state index in [1.165, 1.54) is 0 Å². The van der Waals surface area contributed by atoms with E-state index in [9.17, 15) is 9.59 Å². The van der Waals surface area contributed by atoms with Crippen LogP contribution in [-0.2, 0) is 14.3 Å². The molecule has 3 heteroatoms. The Morgan fingerprint density at radius 2 is 1.80 bits per heavy atom. The number of unbranched alkanes of at least 4 members (excludes halogenated alkanes) is 1. The number of carbonyl (C=O) groups is 2. The lowest BCUT2D eigenvalue weighted by Gasteiger charge is -2.10. The van der Waals surface area contributed by atoms with Gasteiger partial charge in [0.1, 0.15) is 0 Å². The van der Waals surface area contributed by atoms with E-state index in [4.69, 9.17) is 4.74 Å². The quantitative estimate of drug-likeness (QED) is 0.504. The molecule has 0 spiro atoms. The molecule has 0 aliphatic heterocycles. The first kappa shape index (κ1) is 14.1. The van der Waals surface area contributed by atoms with E-state index >= 15 is 0 Å². The fraction of sp³-hybridized carbons (Fsp3) is 0.833. The topological polar surface area (TPSA) is 43.4 Å². The second-order valence-electron chi connectivity index (χ2n) is 4.43. The van der Waals surface area contributed by atoms with Crippen LogP contribution in [0.2, 0.25) is 0 Å². The van der Waals surface area contributed by atoms with E-state index in [2.05, 4.69) is 6.92 Å². The Balaban J connectivity index is 3.85. The summed E-state index contributed by atoms with van der Waals surface area (Å²) < 4.78 is 4.74. The average Bonchev–Trinajstić information content (AvgIpc) is 2.12. The lowest BCUT2D eigenvalue weighted by molar-refractivity contribution is -0.162. The highest BCUT2D eigenvalue weighted by Crippen LogP contribution is 2.11. The molecule has 0 fully saturated rings. The third-order valence-electron chi connectivity index (χ3n) is 2.18. The molecule has 0 amide bonds. The molecule has 0 saturated heterocycles. The van der Waals surface area contributed by atoms with E-state index in [-0.39, 0.29) is 17.8 Å². The summed E-state index contributed by atoms with van der Waals surface area (Å²) in [6.07, 6.45) is 3.16. The van der Waals surface area contributed by atoms with Gasteiger partial charge in [-0.05, 0) is 12.3 Å². The predicted molar refractivity (Wildman–Crippen MR) is 59.2 cm³/mol. The Bertz CT molecular complexity index is 209. The van der Waals surface area contributed by atoms with Crippen LogP contribution in [0.15, 0.2) is 0 Å². The van der Waals surface area contributed by atoms with Gasteiger partial charge in [0.05, 0.1) is 5.92 Å². The van der Waals surface area contributed by atoms with Gasteiger partial charge in [0, 0.05) is 6.42 Å². The number of hydrogen-bond donors (Lipinski definition) is 0. The molecule has 0 bridgehead atoms. The van der Waals surface area contributed by atoms with Crippen molar-refractivity contribution in [3.8, 4) is 0 Å². The summed E-state index contributed by atoms with van der Waals surface area (Å²) in [6, 6.07) is 0. The monoisotopic (exact) mass is 214 g/mol. The number of hydrogen-bond acceptors (Lipinski definition) is 3. The Morgan fingerprint density at radius 3 is 2.27 bits per heavy atom. The molecule has 1 unspecified atom stereocenters. The van der Waals surface area contributed by atoms with Crippen LogP contribution >= 0.6 is 0 Å². The van der Waals surface area contributed by atoms with Crippen LogP contribution in [0.4, 0.5) is 0 Å². The molecule has 0 aromatic carbocycles. The van der Waals surface area contributed by atoms with Gasteiger partial charge in [-0.1, -0.05) is 40.5 Å². The molecule has 3 nitrogen and oxygen atoms in total. The smallest absolute Gasteiger partial charge is 0.316 e. The van der Waals surface area contributed by atoms with Gasteiger partial charge in [0.15, 0.2) is 0 Å². The summed E-state index contributed by atoms with van der Waals surface area (Å²) in [5, 5.41) is 0. The minimum atomic E-state index is -0.404. The van der Waals surface area contributed by atoms with Crippen molar-refractivity contribution in [3.63, 3.8) is 0 Å². The van der Waals surface area contributed by atoms with Gasteiger partial charge in [0.25, 0.3) is 0 Å². The van der Waals surface area contributed by atoms with Crippen molar-refractivity contribution in [1.29, 1.82) is 0 Å². The zero-order chi connectivity index (χ0) is 11.8. The van der Waals surface area contributed by atoms with Crippen molar-refractivity contribution in [1.82, 2.24) is 0 Å². The van der Waals surface area contributed by atoms with E-state index in [1.54, 1.807) is 6.92 Å². The maximum Gasteiger partial charge on any atom is 0.316 e. The number of carbonyl (C=O) groups excluding carboxylic acids is 2. The van der Waals surface area contributed by atoms with Crippen LogP contribution in [0.1, 0.15) is 53.4 Å². The molecule has 0 saturated carbocycles. The van der Waals surface area contributed by atoms with E-state index in [1.807, 2.05) is 13.8 Å². The molecule has 0 heterocycles. The molecule has 0 N–H and O–H groups in total. The fourth-order valence-electron chi connectivity index (χ4n) is 1.22. The number of rotatable bonds is 6. The summed E-state index contributed by atoms with van der Waals surface area (Å²) in [4.78, 5) is 22.6. The maximum absolute atomic E-state index is 11.4. The highest BCUT2D eigenvalue weighted by molar-refractivity contribution is 5.86. The zero-order valence-corrected chi connectivity index (χ0v) is 10.2. The van der Waals surface area contributed by atoms with Crippen molar-refractivity contribution in [2.75, 3.05) is 0 Å². The molecule has 0 aromatic heterocycles. The Labute approximate surface area is 92.2 Å². The SMILES string of the molecule is CCCCC(C)C(=O)OC(=O)CC(C)C. The van der Waals surface area contributed by atoms with Gasteiger partial charge in [-0.25, -0.2) is 0 Å². The van der Waals surface area contributed by atoms with Crippen LogP contribution < -0.4 is 0 Å². The van der Waals surface area contributed by atoms with E-state index in [0.717, 1.165) is 19.3 Å². The fourth-order valence-corrected chi connectivity index (χ4v) is 1.22. The van der Waals surface area contributed by atoms with Crippen molar-refractivity contribution < 1.29 is 14.3 Å². The predicted octanol–water partition coefficient (Wildman–Crippen LogP) is 2.93. The minimum Gasteiger partial charge on any atom is -0.393 e. The molecule has 88 valence electrons. The lowest BCUT2D eigenvalue weighted by atomic mass is 10.1. The highest BCUT2D eigenvalue weighted by Gasteiger charge is 2.18. The summed E-state index contributed by atoms with van der Waals surface area (Å²) in [6.45, 7) is 7.72. The Morgan fingerprint density at radius 1 is 1.20 bits per heavy atom. The third kappa shape index (κ3) is 7.11. The third-order valence-corrected chi connectivity index (χ3v) is 2.18. The summed E-state index contributed by atoms with van der Waals surface area (Å²) in [5.41, 5.74) is 0. The van der Waals surface area contributed by atoms with Crippen LogP contribution in [0, 0.1) is 11.8 Å². The van der Waals surface area contributed by atoms with Crippen molar-refractivity contribution >= 4 is 11.9 Å². The first-order chi connectivity index (χ1) is 6.97. The average molecular weight is 214 g/mol. The second-order valence-corrected chi connectivity index (χ2v) is 4.43. The first-order valence-electron chi connectivity index (χ1n) is 5.71. The van der Waals surface area contributed by atoms with Gasteiger partial charge in [-0.2, -0.15) is 0 Å². The standard InChI is InChI=1S/C12H22O3/c1-5-6-7-10(4)12(14)15-11(13)8-9(2)3/h9-10H,5-8H2,1-4H3. The van der Waals surface area contributed by atoms with Crippen LogP contribution in [-0.4, -0.2) is 11.9 Å². The minimum absolute atomic E-state index is 0.166.